The second-order valence-electron chi connectivity index (χ2n) is 2.20. The molecular weight excluding hydrogens is 169 g/mol. The average Bonchev–Trinajstić information content (AvgIpc) is 1.78. The van der Waals surface area contributed by atoms with E-state index in [-0.39, 0.29) is 25.0 Å². The first-order valence-electron chi connectivity index (χ1n) is 3.19. The molecule has 0 aliphatic rings. The maximum atomic E-state index is 10.2. The van der Waals surface area contributed by atoms with Gasteiger partial charge in [-0.15, -0.1) is 0 Å². The van der Waals surface area contributed by atoms with Crippen molar-refractivity contribution in [2.24, 2.45) is 0 Å². The Morgan fingerprint density at radius 3 is 2.64 bits per heavy atom. The first-order valence-corrected chi connectivity index (χ1v) is 4.95. The molecule has 0 rings (SSSR count). The van der Waals surface area contributed by atoms with Gasteiger partial charge in [-0.25, -0.2) is 0 Å². The lowest BCUT2D eigenvalue weighted by Gasteiger charge is -2.14. The van der Waals surface area contributed by atoms with Gasteiger partial charge in [0.2, 0.25) is 5.91 Å². The molecule has 0 aromatic carbocycles. The van der Waals surface area contributed by atoms with Gasteiger partial charge in [0, 0.05) is 19.6 Å². The zero-order valence-electron chi connectivity index (χ0n) is 6.24. The van der Waals surface area contributed by atoms with Gasteiger partial charge in [0.25, 0.3) is 0 Å². The highest BCUT2D eigenvalue weighted by atomic mass is 31.2. The molecule has 0 heterocycles. The summed E-state index contributed by atoms with van der Waals surface area (Å²) < 4.78 is 10.1. The molecule has 11 heavy (non-hydrogen) atoms. The average molecular weight is 180 g/mol. The van der Waals surface area contributed by atoms with Gasteiger partial charge in [-0.1, -0.05) is 0 Å². The summed E-state index contributed by atoms with van der Waals surface area (Å²) in [6, 6.07) is 0. The molecule has 0 aromatic heterocycles. The zero-order chi connectivity index (χ0) is 8.91. The molecule has 0 aliphatic heterocycles. The molecule has 66 valence electrons. The smallest absolute Gasteiger partial charge is 0.216 e. The molecule has 0 aliphatic carbocycles. The molecule has 1 unspecified atom stereocenters. The third-order valence-corrected chi connectivity index (χ3v) is 1.87. The van der Waals surface area contributed by atoms with Crippen LogP contribution in [0.3, 0.4) is 0 Å². The predicted octanol–water partition coefficient (Wildman–Crippen LogP) is -0.942. The summed E-state index contributed by atoms with van der Waals surface area (Å²) in [4.78, 5) is 28.7. The van der Waals surface area contributed by atoms with Crippen LogP contribution in [0.2, 0.25) is 0 Å². The summed E-state index contributed by atoms with van der Waals surface area (Å²) in [5.74, 6) is -0.205. The minimum Gasteiger partial charge on any atom is -0.779 e. The number of rotatable bonds is 4. The molecule has 1 amide bonds. The number of amides is 1. The van der Waals surface area contributed by atoms with Crippen molar-refractivity contribution in [2.75, 3.05) is 12.7 Å². The largest absolute Gasteiger partial charge is 0.779 e. The van der Waals surface area contributed by atoms with Gasteiger partial charge in [-0.3, -0.25) is 4.79 Å². The summed E-state index contributed by atoms with van der Waals surface area (Å²) >= 11 is 0. The van der Waals surface area contributed by atoms with Gasteiger partial charge in [0.15, 0.2) is 0 Å². The van der Waals surface area contributed by atoms with Crippen molar-refractivity contribution < 1.29 is 19.1 Å². The van der Waals surface area contributed by atoms with Crippen LogP contribution in [0.1, 0.15) is 13.3 Å². The summed E-state index contributed by atoms with van der Waals surface area (Å²) in [6.07, 6.45) is -0.0376. The number of carbonyl (C=O) groups is 1. The van der Waals surface area contributed by atoms with Gasteiger partial charge in [-0.05, 0) is 6.42 Å². The Kier molecular flexibility index (Phi) is 4.33. The van der Waals surface area contributed by atoms with Crippen molar-refractivity contribution in [3.05, 3.63) is 0 Å². The predicted molar refractivity (Wildman–Crippen MR) is 38.0 cm³/mol. The summed E-state index contributed by atoms with van der Waals surface area (Å²) in [7, 11) is -4.13. The van der Waals surface area contributed by atoms with Crippen LogP contribution in [0.5, 0.6) is 0 Å². The van der Waals surface area contributed by atoms with Crippen LogP contribution < -0.4 is 10.2 Å². The Balaban J connectivity index is 3.29. The Bertz CT molecular complexity index is 175. The second kappa shape index (κ2) is 4.49. The Hall–Kier alpha value is -0.380. The van der Waals surface area contributed by atoms with Crippen LogP contribution in [0, 0.1) is 0 Å². The second-order valence-corrected chi connectivity index (χ2v) is 3.92. The Morgan fingerprint density at radius 2 is 2.27 bits per heavy atom. The fourth-order valence-corrected chi connectivity index (χ4v) is 1.10. The number of carbonyl (C=O) groups excluding carboxylic acids is 1. The van der Waals surface area contributed by atoms with Crippen LogP contribution in [0.25, 0.3) is 0 Å². The van der Waals surface area contributed by atoms with Gasteiger partial charge >= 0.3 is 0 Å². The van der Waals surface area contributed by atoms with E-state index in [4.69, 9.17) is 4.89 Å². The molecule has 5 nitrogen and oxygen atoms in total. The first-order chi connectivity index (χ1) is 4.92. The normalized spacial score (nSPS) is 15.5. The number of hydrogen-bond acceptors (Lipinski definition) is 3. The molecule has 0 saturated carbocycles. The third kappa shape index (κ3) is 9.62. The van der Waals surface area contributed by atoms with Gasteiger partial charge in [0.1, 0.15) is 7.60 Å². The summed E-state index contributed by atoms with van der Waals surface area (Å²) in [5.41, 5.74) is 0. The van der Waals surface area contributed by atoms with Crippen molar-refractivity contribution >= 4 is 13.5 Å². The van der Waals surface area contributed by atoms with E-state index in [1.54, 1.807) is 0 Å². The molecule has 0 aromatic rings. The lowest BCUT2D eigenvalue weighted by atomic mass is 10.5. The van der Waals surface area contributed by atoms with Crippen LogP contribution in [0.4, 0.5) is 0 Å². The molecule has 0 saturated heterocycles. The highest BCUT2D eigenvalue weighted by Gasteiger charge is 2.00. The molecule has 2 N–H and O–H groups in total. The van der Waals surface area contributed by atoms with E-state index >= 15 is 0 Å². The van der Waals surface area contributed by atoms with Crippen LogP contribution in [-0.4, -0.2) is 23.5 Å². The molecule has 0 radical (unpaired) electrons. The van der Waals surface area contributed by atoms with E-state index in [0.29, 0.717) is 0 Å². The maximum absolute atomic E-state index is 10.2. The molecule has 0 bridgehead atoms. The van der Waals surface area contributed by atoms with Crippen molar-refractivity contribution in [1.82, 2.24) is 5.32 Å². The minimum absolute atomic E-state index is 0.205. The molecule has 0 fully saturated rings. The standard InChI is InChI=1S/C5H12NO4P/c1-5(7)6-3-2-4-11(8,9)10/h2-4H2,1H3,(H,6,7)(H2,8,9,10)/p-1. The Labute approximate surface area is 65.0 Å². The molecule has 1 atom stereocenters. The summed E-state index contributed by atoms with van der Waals surface area (Å²) in [6.45, 7) is 1.62. The number of nitrogens with one attached hydrogen (secondary N) is 1. The highest BCUT2D eigenvalue weighted by Crippen LogP contribution is 2.28. The van der Waals surface area contributed by atoms with E-state index in [1.165, 1.54) is 6.92 Å². The SMILES string of the molecule is CC(=O)NCCCP(=O)([O-])O. The van der Waals surface area contributed by atoms with E-state index in [2.05, 4.69) is 5.32 Å². The Morgan fingerprint density at radius 1 is 1.73 bits per heavy atom. The molecular formula is C5H11NO4P-. The van der Waals surface area contributed by atoms with Gasteiger partial charge in [0.05, 0.1) is 0 Å². The molecule has 6 heteroatoms. The van der Waals surface area contributed by atoms with E-state index in [0.717, 1.165) is 0 Å². The summed E-state index contributed by atoms with van der Waals surface area (Å²) in [5, 5.41) is 2.41. The third-order valence-electron chi connectivity index (χ3n) is 0.991. The van der Waals surface area contributed by atoms with Crippen LogP contribution in [0.15, 0.2) is 0 Å². The minimum atomic E-state index is -4.13. The quantitative estimate of drug-likeness (QED) is 0.431. The maximum Gasteiger partial charge on any atom is 0.216 e. The number of hydrogen-bond donors (Lipinski definition) is 2. The van der Waals surface area contributed by atoms with Crippen molar-refractivity contribution in [3.8, 4) is 0 Å². The lowest BCUT2D eigenvalue weighted by Crippen LogP contribution is -2.22. The van der Waals surface area contributed by atoms with Crippen molar-refractivity contribution in [2.45, 2.75) is 13.3 Å². The van der Waals surface area contributed by atoms with Crippen LogP contribution in [-0.2, 0) is 9.36 Å². The van der Waals surface area contributed by atoms with Crippen molar-refractivity contribution in [3.63, 3.8) is 0 Å². The van der Waals surface area contributed by atoms with E-state index in [9.17, 15) is 14.3 Å². The monoisotopic (exact) mass is 180 g/mol. The first kappa shape index (κ1) is 10.6. The lowest BCUT2D eigenvalue weighted by molar-refractivity contribution is -0.193. The zero-order valence-corrected chi connectivity index (χ0v) is 7.13. The van der Waals surface area contributed by atoms with Gasteiger partial charge in [-0.2, -0.15) is 0 Å². The van der Waals surface area contributed by atoms with Crippen LogP contribution >= 0.6 is 7.60 Å². The van der Waals surface area contributed by atoms with E-state index in [1.807, 2.05) is 0 Å². The van der Waals surface area contributed by atoms with Gasteiger partial charge < -0.3 is 19.7 Å². The van der Waals surface area contributed by atoms with E-state index < -0.39 is 7.60 Å². The molecule has 0 spiro atoms. The fraction of sp³-hybridized carbons (Fsp3) is 0.800. The van der Waals surface area contributed by atoms with Crippen molar-refractivity contribution in [1.29, 1.82) is 0 Å². The highest BCUT2D eigenvalue weighted by molar-refractivity contribution is 7.50. The topological polar surface area (TPSA) is 89.5 Å². The fourth-order valence-electron chi connectivity index (χ4n) is 0.543.